The lowest BCUT2D eigenvalue weighted by atomic mass is 10.1. The zero-order valence-electron chi connectivity index (χ0n) is 15.4. The highest BCUT2D eigenvalue weighted by molar-refractivity contribution is 6.31. The van der Waals surface area contributed by atoms with E-state index in [0.717, 1.165) is 5.56 Å². The van der Waals surface area contributed by atoms with Gasteiger partial charge in [-0.3, -0.25) is 9.59 Å². The van der Waals surface area contributed by atoms with Crippen LogP contribution >= 0.6 is 11.6 Å². The van der Waals surface area contributed by atoms with E-state index in [1.807, 2.05) is 6.92 Å². The molecule has 2 N–H and O–H groups in total. The Morgan fingerprint density at radius 3 is 2.50 bits per heavy atom. The van der Waals surface area contributed by atoms with E-state index < -0.39 is 0 Å². The Balaban J connectivity index is 1.73. The van der Waals surface area contributed by atoms with Crippen LogP contribution in [-0.4, -0.2) is 18.9 Å². The lowest BCUT2D eigenvalue weighted by Crippen LogP contribution is -2.23. The molecule has 0 atom stereocenters. The van der Waals surface area contributed by atoms with Crippen molar-refractivity contribution in [2.45, 2.75) is 13.5 Å². The van der Waals surface area contributed by atoms with Crippen molar-refractivity contribution < 1.29 is 18.7 Å². The SMILES string of the molecule is COc1cc(Cl)c(C)cc1NC(=O)c1cccc(C(=O)NCc2ccco2)c1. The molecule has 0 saturated heterocycles. The van der Waals surface area contributed by atoms with E-state index in [1.165, 1.54) is 13.2 Å². The van der Waals surface area contributed by atoms with Crippen LogP contribution in [0.25, 0.3) is 0 Å². The van der Waals surface area contributed by atoms with Gasteiger partial charge in [0.25, 0.3) is 11.8 Å². The van der Waals surface area contributed by atoms with Crippen LogP contribution < -0.4 is 15.4 Å². The number of methoxy groups -OCH3 is 1. The first-order chi connectivity index (χ1) is 13.5. The number of amides is 2. The third-order valence-corrected chi connectivity index (χ3v) is 4.53. The minimum Gasteiger partial charge on any atom is -0.495 e. The first-order valence-corrected chi connectivity index (χ1v) is 8.92. The van der Waals surface area contributed by atoms with Gasteiger partial charge in [-0.25, -0.2) is 0 Å². The molecule has 7 heteroatoms. The molecule has 28 heavy (non-hydrogen) atoms. The molecule has 3 aromatic rings. The summed E-state index contributed by atoms with van der Waals surface area (Å²) in [6, 6.07) is 13.4. The lowest BCUT2D eigenvalue weighted by Gasteiger charge is -2.12. The van der Waals surface area contributed by atoms with E-state index in [1.54, 1.807) is 48.7 Å². The summed E-state index contributed by atoms with van der Waals surface area (Å²) in [6.45, 7) is 2.10. The van der Waals surface area contributed by atoms with Gasteiger partial charge in [0, 0.05) is 22.2 Å². The second-order valence-electron chi connectivity index (χ2n) is 6.10. The van der Waals surface area contributed by atoms with Gasteiger partial charge in [0.2, 0.25) is 0 Å². The number of anilines is 1. The van der Waals surface area contributed by atoms with Crippen LogP contribution in [0.15, 0.2) is 59.2 Å². The summed E-state index contributed by atoms with van der Waals surface area (Å²) in [5.41, 5.74) is 2.03. The number of hydrogen-bond acceptors (Lipinski definition) is 4. The van der Waals surface area contributed by atoms with Gasteiger partial charge in [-0.2, -0.15) is 0 Å². The topological polar surface area (TPSA) is 80.6 Å². The number of carbonyl (C=O) groups is 2. The molecule has 144 valence electrons. The van der Waals surface area contributed by atoms with Crippen LogP contribution in [0, 0.1) is 6.92 Å². The van der Waals surface area contributed by atoms with Crippen molar-refractivity contribution in [3.05, 3.63) is 82.3 Å². The largest absolute Gasteiger partial charge is 0.495 e. The molecular formula is C21H19ClN2O4. The molecule has 0 aliphatic carbocycles. The van der Waals surface area contributed by atoms with E-state index in [2.05, 4.69) is 10.6 Å². The average Bonchev–Trinajstić information content (AvgIpc) is 3.22. The Bertz CT molecular complexity index is 1000. The molecule has 2 amide bonds. The number of carbonyl (C=O) groups excluding carboxylic acids is 2. The van der Waals surface area contributed by atoms with Crippen LogP contribution in [0.3, 0.4) is 0 Å². The first-order valence-electron chi connectivity index (χ1n) is 8.54. The first kappa shape index (κ1) is 19.5. The summed E-state index contributed by atoms with van der Waals surface area (Å²) in [5, 5.41) is 6.09. The second-order valence-corrected chi connectivity index (χ2v) is 6.51. The molecule has 1 heterocycles. The lowest BCUT2D eigenvalue weighted by molar-refractivity contribution is 0.0948. The molecule has 0 bridgehead atoms. The number of ether oxygens (including phenoxy) is 1. The molecule has 0 spiro atoms. The van der Waals surface area contributed by atoms with Gasteiger partial charge in [0.15, 0.2) is 0 Å². The molecule has 0 unspecified atom stereocenters. The molecule has 0 aliphatic rings. The number of hydrogen-bond donors (Lipinski definition) is 2. The Kier molecular flexibility index (Phi) is 6.01. The van der Waals surface area contributed by atoms with Gasteiger partial charge in [0.05, 0.1) is 25.6 Å². The van der Waals surface area contributed by atoms with Crippen molar-refractivity contribution in [2.75, 3.05) is 12.4 Å². The molecule has 3 rings (SSSR count). The minimum absolute atomic E-state index is 0.267. The number of furan rings is 1. The van der Waals surface area contributed by atoms with E-state index >= 15 is 0 Å². The van der Waals surface area contributed by atoms with Crippen molar-refractivity contribution in [1.82, 2.24) is 5.32 Å². The third-order valence-electron chi connectivity index (χ3n) is 4.12. The van der Waals surface area contributed by atoms with Crippen LogP contribution in [0.2, 0.25) is 5.02 Å². The summed E-state index contributed by atoms with van der Waals surface area (Å²) in [6.07, 6.45) is 1.54. The highest BCUT2D eigenvalue weighted by Gasteiger charge is 2.14. The normalized spacial score (nSPS) is 10.4. The molecule has 0 saturated carbocycles. The Labute approximate surface area is 167 Å². The standard InChI is InChI=1S/C21H19ClN2O4/c1-13-9-18(19(27-2)11-17(13)22)24-21(26)15-6-3-5-14(10-15)20(25)23-12-16-7-4-8-28-16/h3-11H,12H2,1-2H3,(H,23,25)(H,24,26). The van der Waals surface area contributed by atoms with Crippen molar-refractivity contribution in [3.63, 3.8) is 0 Å². The van der Waals surface area contributed by atoms with E-state index in [4.69, 9.17) is 20.8 Å². The summed E-state index contributed by atoms with van der Waals surface area (Å²) >= 11 is 6.10. The predicted molar refractivity (Wildman–Crippen MR) is 107 cm³/mol. The van der Waals surface area contributed by atoms with E-state index in [-0.39, 0.29) is 18.4 Å². The molecule has 2 aromatic carbocycles. The summed E-state index contributed by atoms with van der Waals surface area (Å²) < 4.78 is 10.5. The Morgan fingerprint density at radius 1 is 1.07 bits per heavy atom. The zero-order valence-corrected chi connectivity index (χ0v) is 16.2. The van der Waals surface area contributed by atoms with Crippen molar-refractivity contribution in [3.8, 4) is 5.75 Å². The maximum atomic E-state index is 12.7. The fraction of sp³-hybridized carbons (Fsp3) is 0.143. The maximum Gasteiger partial charge on any atom is 0.255 e. The van der Waals surface area contributed by atoms with Gasteiger partial charge < -0.3 is 19.8 Å². The quantitative estimate of drug-likeness (QED) is 0.643. The number of halogens is 1. The smallest absolute Gasteiger partial charge is 0.255 e. The van der Waals surface area contributed by atoms with Crippen molar-refractivity contribution in [1.29, 1.82) is 0 Å². The number of rotatable bonds is 6. The highest BCUT2D eigenvalue weighted by atomic mass is 35.5. The number of benzene rings is 2. The van der Waals surface area contributed by atoms with Gasteiger partial charge in [0.1, 0.15) is 11.5 Å². The molecule has 0 fully saturated rings. The fourth-order valence-corrected chi connectivity index (χ4v) is 2.76. The molecular weight excluding hydrogens is 380 g/mol. The van der Waals surface area contributed by atoms with E-state index in [9.17, 15) is 9.59 Å². The van der Waals surface area contributed by atoms with Crippen LogP contribution in [0.5, 0.6) is 5.75 Å². The summed E-state index contributed by atoms with van der Waals surface area (Å²) in [4.78, 5) is 25.0. The van der Waals surface area contributed by atoms with E-state index in [0.29, 0.717) is 33.3 Å². The fourth-order valence-electron chi connectivity index (χ4n) is 2.61. The molecule has 0 radical (unpaired) electrons. The van der Waals surface area contributed by atoms with Gasteiger partial charge >= 0.3 is 0 Å². The van der Waals surface area contributed by atoms with Crippen LogP contribution in [0.4, 0.5) is 5.69 Å². The van der Waals surface area contributed by atoms with Gasteiger partial charge in [-0.05, 0) is 48.9 Å². The van der Waals surface area contributed by atoms with Crippen molar-refractivity contribution in [2.24, 2.45) is 0 Å². The minimum atomic E-state index is -0.360. The van der Waals surface area contributed by atoms with Crippen molar-refractivity contribution >= 4 is 29.1 Å². The third kappa shape index (κ3) is 4.53. The number of nitrogens with one attached hydrogen (secondary N) is 2. The number of aryl methyl sites for hydroxylation is 1. The average molecular weight is 399 g/mol. The summed E-state index contributed by atoms with van der Waals surface area (Å²) in [7, 11) is 1.50. The highest BCUT2D eigenvalue weighted by Crippen LogP contribution is 2.31. The monoisotopic (exact) mass is 398 g/mol. The molecule has 0 aliphatic heterocycles. The zero-order chi connectivity index (χ0) is 20.1. The Hall–Kier alpha value is -3.25. The van der Waals surface area contributed by atoms with Crippen LogP contribution in [0.1, 0.15) is 32.0 Å². The predicted octanol–water partition coefficient (Wildman–Crippen LogP) is 4.43. The second kappa shape index (κ2) is 8.63. The Morgan fingerprint density at radius 2 is 1.82 bits per heavy atom. The van der Waals surface area contributed by atoms with Crippen LogP contribution in [-0.2, 0) is 6.54 Å². The van der Waals surface area contributed by atoms with Gasteiger partial charge in [-0.15, -0.1) is 0 Å². The molecule has 1 aromatic heterocycles. The molecule has 6 nitrogen and oxygen atoms in total. The maximum absolute atomic E-state index is 12.7. The van der Waals surface area contributed by atoms with Gasteiger partial charge in [-0.1, -0.05) is 17.7 Å². The summed E-state index contributed by atoms with van der Waals surface area (Å²) in [5.74, 6) is 0.440.